The summed E-state index contributed by atoms with van der Waals surface area (Å²) < 4.78 is 10.1. The van der Waals surface area contributed by atoms with Crippen molar-refractivity contribution in [3.8, 4) is 17.1 Å². The van der Waals surface area contributed by atoms with Crippen molar-refractivity contribution in [2.45, 2.75) is 19.6 Å². The lowest BCUT2D eigenvalue weighted by Gasteiger charge is -2.25. The van der Waals surface area contributed by atoms with Gasteiger partial charge >= 0.3 is 0 Å². The third kappa shape index (κ3) is 3.06. The Morgan fingerprint density at radius 3 is 2.65 bits per heavy atom. The molecule has 0 spiro atoms. The first-order chi connectivity index (χ1) is 12.7. The van der Waals surface area contributed by atoms with E-state index in [1.165, 1.54) is 16.0 Å². The highest BCUT2D eigenvalue weighted by Gasteiger charge is 2.21. The zero-order valence-corrected chi connectivity index (χ0v) is 15.9. The van der Waals surface area contributed by atoms with Gasteiger partial charge in [-0.05, 0) is 29.9 Å². The van der Waals surface area contributed by atoms with Gasteiger partial charge in [-0.1, -0.05) is 36.4 Å². The van der Waals surface area contributed by atoms with Crippen LogP contribution in [-0.2, 0) is 26.7 Å². The second-order valence-electron chi connectivity index (χ2n) is 6.72. The summed E-state index contributed by atoms with van der Waals surface area (Å²) in [5, 5.41) is 4.81. The number of hydrogen-bond acceptors (Lipinski definition) is 3. The molecular formula is C20H23N4OS+. The van der Waals surface area contributed by atoms with Crippen LogP contribution in [0.2, 0.25) is 0 Å². The summed E-state index contributed by atoms with van der Waals surface area (Å²) in [6, 6.07) is 16.6. The number of benzene rings is 2. The average molecular weight is 367 g/mol. The SMILES string of the molecule is COc1ccccc1-c1nn(C[NH+]2CCc3ccccc3C2)c(=S)n1C. The van der Waals surface area contributed by atoms with E-state index in [0.717, 1.165) is 48.1 Å². The maximum atomic E-state index is 5.65. The van der Waals surface area contributed by atoms with E-state index >= 15 is 0 Å². The summed E-state index contributed by atoms with van der Waals surface area (Å²) >= 11 is 5.65. The summed E-state index contributed by atoms with van der Waals surface area (Å²) in [4.78, 5) is 1.48. The third-order valence-corrected chi connectivity index (χ3v) is 5.55. The normalized spacial score (nSPS) is 16.3. The molecule has 1 aromatic heterocycles. The van der Waals surface area contributed by atoms with Crippen molar-refractivity contribution in [1.29, 1.82) is 0 Å². The van der Waals surface area contributed by atoms with Gasteiger partial charge in [-0.25, -0.2) is 0 Å². The molecule has 1 N–H and O–H groups in total. The van der Waals surface area contributed by atoms with Crippen molar-refractivity contribution >= 4 is 12.2 Å². The monoisotopic (exact) mass is 367 g/mol. The number of methoxy groups -OCH3 is 1. The van der Waals surface area contributed by atoms with Crippen LogP contribution < -0.4 is 9.64 Å². The highest BCUT2D eigenvalue weighted by Crippen LogP contribution is 2.27. The van der Waals surface area contributed by atoms with Crippen molar-refractivity contribution in [2.24, 2.45) is 7.05 Å². The molecule has 1 aliphatic rings. The lowest BCUT2D eigenvalue weighted by atomic mass is 10.0. The first kappa shape index (κ1) is 17.0. The second kappa shape index (κ2) is 7.05. The molecule has 0 saturated carbocycles. The number of fused-ring (bicyclic) bond motifs is 1. The van der Waals surface area contributed by atoms with Gasteiger partial charge in [-0.2, -0.15) is 4.68 Å². The number of nitrogens with one attached hydrogen (secondary N) is 1. The van der Waals surface area contributed by atoms with E-state index in [4.69, 9.17) is 22.1 Å². The van der Waals surface area contributed by atoms with Gasteiger partial charge in [0.15, 0.2) is 12.5 Å². The number of aromatic nitrogens is 3. The quantitative estimate of drug-likeness (QED) is 0.719. The van der Waals surface area contributed by atoms with Gasteiger partial charge in [-0.3, -0.25) is 0 Å². The Bertz CT molecular complexity index is 991. The third-order valence-electron chi connectivity index (χ3n) is 5.07. The van der Waals surface area contributed by atoms with E-state index in [2.05, 4.69) is 24.3 Å². The summed E-state index contributed by atoms with van der Waals surface area (Å²) in [7, 11) is 3.65. The lowest BCUT2D eigenvalue weighted by Crippen LogP contribution is -3.11. The van der Waals surface area contributed by atoms with Gasteiger partial charge in [0, 0.05) is 19.0 Å². The van der Waals surface area contributed by atoms with E-state index in [0.29, 0.717) is 0 Å². The average Bonchev–Trinajstić information content (AvgIpc) is 2.96. The lowest BCUT2D eigenvalue weighted by molar-refractivity contribution is -0.939. The Morgan fingerprint density at radius 1 is 1.12 bits per heavy atom. The van der Waals surface area contributed by atoms with Gasteiger partial charge in [0.1, 0.15) is 12.3 Å². The predicted molar refractivity (Wildman–Crippen MR) is 104 cm³/mol. The van der Waals surface area contributed by atoms with Crippen molar-refractivity contribution < 1.29 is 9.64 Å². The van der Waals surface area contributed by atoms with E-state index in [9.17, 15) is 0 Å². The van der Waals surface area contributed by atoms with Gasteiger partial charge in [0.2, 0.25) is 4.77 Å². The van der Waals surface area contributed by atoms with Crippen LogP contribution in [-0.4, -0.2) is 28.0 Å². The van der Waals surface area contributed by atoms with Gasteiger partial charge < -0.3 is 14.2 Å². The van der Waals surface area contributed by atoms with Crippen molar-refractivity contribution in [3.63, 3.8) is 0 Å². The van der Waals surface area contributed by atoms with Crippen LogP contribution in [0.25, 0.3) is 11.4 Å². The van der Waals surface area contributed by atoms with E-state index < -0.39 is 0 Å². The molecule has 134 valence electrons. The molecule has 2 heterocycles. The zero-order valence-electron chi connectivity index (χ0n) is 15.1. The molecule has 1 aliphatic heterocycles. The van der Waals surface area contributed by atoms with Crippen molar-refractivity contribution in [2.75, 3.05) is 13.7 Å². The van der Waals surface area contributed by atoms with Crippen LogP contribution in [0.4, 0.5) is 0 Å². The van der Waals surface area contributed by atoms with Gasteiger partial charge in [-0.15, -0.1) is 5.10 Å². The Kier molecular flexibility index (Phi) is 4.61. The molecule has 0 amide bonds. The molecular weight excluding hydrogens is 344 g/mol. The maximum absolute atomic E-state index is 5.65. The Labute approximate surface area is 158 Å². The molecule has 0 radical (unpaired) electrons. The summed E-state index contributed by atoms with van der Waals surface area (Å²) in [5.41, 5.74) is 3.86. The van der Waals surface area contributed by atoms with Crippen LogP contribution in [0.5, 0.6) is 5.75 Å². The molecule has 3 aromatic rings. The van der Waals surface area contributed by atoms with Gasteiger partial charge in [0.05, 0.1) is 19.2 Å². The Balaban J connectivity index is 1.62. The maximum Gasteiger partial charge on any atom is 0.202 e. The molecule has 0 saturated heterocycles. The van der Waals surface area contributed by atoms with Crippen LogP contribution in [0.1, 0.15) is 11.1 Å². The molecule has 1 atom stereocenters. The summed E-state index contributed by atoms with van der Waals surface area (Å²) in [5.74, 6) is 1.64. The van der Waals surface area contributed by atoms with Gasteiger partial charge in [0.25, 0.3) is 0 Å². The molecule has 6 heteroatoms. The van der Waals surface area contributed by atoms with Crippen LogP contribution in [0.3, 0.4) is 0 Å². The topological polar surface area (TPSA) is 36.4 Å². The van der Waals surface area contributed by atoms with Crippen molar-refractivity contribution in [3.05, 3.63) is 64.4 Å². The molecule has 1 unspecified atom stereocenters. The van der Waals surface area contributed by atoms with Crippen LogP contribution in [0.15, 0.2) is 48.5 Å². The molecule has 0 aliphatic carbocycles. The predicted octanol–water partition coefficient (Wildman–Crippen LogP) is 2.23. The number of quaternary nitrogens is 1. The molecule has 5 nitrogen and oxygen atoms in total. The smallest absolute Gasteiger partial charge is 0.202 e. The minimum Gasteiger partial charge on any atom is -0.496 e. The minimum absolute atomic E-state index is 0.734. The number of hydrogen-bond donors (Lipinski definition) is 1. The highest BCUT2D eigenvalue weighted by atomic mass is 32.1. The first-order valence-electron chi connectivity index (χ1n) is 8.85. The summed E-state index contributed by atoms with van der Waals surface area (Å²) in [6.45, 7) is 2.88. The fourth-order valence-electron chi connectivity index (χ4n) is 3.64. The minimum atomic E-state index is 0.734. The number of nitrogens with zero attached hydrogens (tertiary/aromatic N) is 3. The molecule has 4 rings (SSSR count). The second-order valence-corrected chi connectivity index (χ2v) is 7.08. The molecule has 2 aromatic carbocycles. The largest absolute Gasteiger partial charge is 0.496 e. The number of rotatable bonds is 4. The Morgan fingerprint density at radius 2 is 1.85 bits per heavy atom. The van der Waals surface area contributed by atoms with Crippen molar-refractivity contribution in [1.82, 2.24) is 14.3 Å². The van der Waals surface area contributed by atoms with Crippen LogP contribution in [0, 0.1) is 4.77 Å². The first-order valence-corrected chi connectivity index (χ1v) is 9.26. The van der Waals surface area contributed by atoms with E-state index in [-0.39, 0.29) is 0 Å². The molecule has 0 bridgehead atoms. The van der Waals surface area contributed by atoms with Crippen LogP contribution >= 0.6 is 12.2 Å². The fraction of sp³-hybridized carbons (Fsp3) is 0.300. The standard InChI is InChI=1S/C20H22N4OS/c1-22-19(17-9-5-6-10-18(17)25-2)21-24(20(22)26)14-23-12-11-15-7-3-4-8-16(15)13-23/h3-10H,11-14H2,1-2H3/p+1. The fourth-order valence-corrected chi connectivity index (χ4v) is 3.84. The Hall–Kier alpha value is -2.44. The highest BCUT2D eigenvalue weighted by molar-refractivity contribution is 7.71. The van der Waals surface area contributed by atoms with E-state index in [1.807, 2.05) is 40.6 Å². The molecule has 0 fully saturated rings. The molecule has 26 heavy (non-hydrogen) atoms. The number of para-hydroxylation sites is 1. The summed E-state index contributed by atoms with van der Waals surface area (Å²) in [6.07, 6.45) is 1.10. The van der Waals surface area contributed by atoms with E-state index in [1.54, 1.807) is 7.11 Å². The number of ether oxygens (including phenoxy) is 1. The zero-order chi connectivity index (χ0) is 18.1.